The number of para-hydroxylation sites is 2. The van der Waals surface area contributed by atoms with Gasteiger partial charge in [0.15, 0.2) is 5.60 Å². The van der Waals surface area contributed by atoms with Crippen LogP contribution in [0.3, 0.4) is 0 Å². The van der Waals surface area contributed by atoms with Crippen LogP contribution in [-0.2, 0) is 82.1 Å². The number of aryl methyl sites for hydroxylation is 2. The molecule has 6 aliphatic rings. The number of fused-ring (bicyclic) bond motifs is 6. The standard InChI is InChI=1S/C32H30N4O6.C29H25N3O4.C26H34N4O2.C24H22N2O2/c1-20(37)40-29-26-27(30(38)35-18-24-11-6-14-34-17-24)36(42-32(26,31(33)39)16-25-28(29)41-25)19-23-10-5-9-22(15-23)13-12-21-7-3-2-4-8-21;33-21-10-8-19(9-11-21)29(36)32-16-23-20(13-17-5-4-12-30-15-17)14-22-25(28(35)31-27(22)34)24(23)26(32)18-6-2-1-3-7-18;1-29(21-23-9-6-13-26(19-23)31-2)32-18-8-15-27-16-17-30(25-11-4-3-5-12-25)22-24-10-7-14-28-20-24;1-15-12-21-22(16(2)20(15)13-18-8-7-11-25-14-18)26(19-9-5-4-6-10-19)24(28)17(3)23(21)27/h2-11,14-15,17,25-29H,16,18-19H2,1H3,(H2,33,39)(H,35,38);1-12,15,22,24-26,33H,13-14,16H2,(H,31,34,35);3-7,9-14,19-20,27H,8,15-18,21-22H2,1-2H3;4-12,14,27H,13H2,1-3H3/t25-,26?,27-,28-,29-,32-;;;/m0.../s1. The zero-order chi connectivity index (χ0) is 96.4. The second kappa shape index (κ2) is 44.6. The van der Waals surface area contributed by atoms with Gasteiger partial charge < -0.3 is 50.6 Å². The highest BCUT2D eigenvalue weighted by Crippen LogP contribution is 2.56. The molecule has 5 fully saturated rings. The van der Waals surface area contributed by atoms with Crippen LogP contribution in [0.25, 0.3) is 16.6 Å². The summed E-state index contributed by atoms with van der Waals surface area (Å²) in [6.07, 6.45) is 15.5. The Labute approximate surface area is 801 Å². The number of anilines is 1. The number of esters is 1. The first-order valence-corrected chi connectivity index (χ1v) is 46.3. The lowest BCUT2D eigenvalue weighted by Gasteiger charge is -2.37. The number of benzene rings is 8. The van der Waals surface area contributed by atoms with Gasteiger partial charge in [0, 0.05) is 149 Å². The molecule has 7 N–H and O–H groups in total. The van der Waals surface area contributed by atoms with Crippen molar-refractivity contribution >= 4 is 52.1 Å². The van der Waals surface area contributed by atoms with Crippen molar-refractivity contribution < 1.29 is 62.9 Å². The molecule has 1 saturated carbocycles. The van der Waals surface area contributed by atoms with E-state index in [4.69, 9.17) is 29.6 Å². The zero-order valence-corrected chi connectivity index (χ0v) is 77.8. The molecule has 0 radical (unpaired) electrons. The molecule has 2 aliphatic carbocycles. The van der Waals surface area contributed by atoms with E-state index in [1.54, 1.807) is 61.6 Å². The molecule has 19 rings (SSSR count). The number of rotatable bonds is 28. The van der Waals surface area contributed by atoms with Crippen LogP contribution in [0.5, 0.6) is 17.2 Å². The van der Waals surface area contributed by atoms with Crippen LogP contribution in [0.2, 0.25) is 0 Å². The molecule has 13 aromatic rings. The highest BCUT2D eigenvalue weighted by atomic mass is 16.7. The van der Waals surface area contributed by atoms with E-state index in [2.05, 4.69) is 95.1 Å². The topological polar surface area (TPSA) is 341 Å². The number of nitrogens with one attached hydrogen (secondary N) is 3. The third-order valence-corrected chi connectivity index (χ3v) is 26.0. The number of hydrogen-bond acceptors (Lipinski definition) is 22. The Morgan fingerprint density at radius 1 is 0.645 bits per heavy atom. The van der Waals surface area contributed by atoms with Crippen LogP contribution in [0.15, 0.2) is 314 Å². The van der Waals surface area contributed by atoms with Crippen molar-refractivity contribution in [3.63, 3.8) is 0 Å². The van der Waals surface area contributed by atoms with Crippen molar-refractivity contribution in [2.45, 2.75) is 122 Å². The number of epoxide rings is 1. The first-order chi connectivity index (χ1) is 67.1. The molecule has 4 saturated heterocycles. The molecule has 704 valence electrons. The SMILES string of the molecule is CC(=O)O[C@H]1C2[C@@H](C(=O)NCc3cccnc3)N(Cc3cccc(C#Cc4ccccc4)c3)O[C@@]2(C(N)=O)C[C@@H]2O[C@@H]21.COc1cccc(CN(C)OCCCNCCN(Cc2cccnc2)c2ccccc2)c1.Cc1cc2c(O)c(C)c(=O)n(-c3ccccc3)c2c(C)c1Cc1cccnc1.O=C1NC(=O)C2C1CC(Cc1cccnc1)=C1CN(C(=O)c3ccc(O)cc3)C(c3ccccc3)C12. The fraction of sp³-hybridized carbons (Fsp3) is 0.270. The number of hydrogen-bond donors (Lipinski definition) is 6. The van der Waals surface area contributed by atoms with E-state index in [0.29, 0.717) is 42.5 Å². The number of primary amides is 1. The van der Waals surface area contributed by atoms with Crippen LogP contribution in [0, 0.1) is 56.3 Å². The number of carbonyl (C=O) groups is 6. The van der Waals surface area contributed by atoms with Crippen LogP contribution < -0.4 is 36.9 Å². The average molecular weight is 1850 g/mol. The van der Waals surface area contributed by atoms with Crippen molar-refractivity contribution in [3.8, 4) is 34.8 Å². The molecule has 10 atom stereocenters. The monoisotopic (exact) mass is 1850 g/mol. The number of nitrogens with two attached hydrogens (primary N) is 1. The number of ether oxygens (including phenoxy) is 3. The van der Waals surface area contributed by atoms with Gasteiger partial charge in [0.25, 0.3) is 17.4 Å². The molecule has 138 heavy (non-hydrogen) atoms. The highest BCUT2D eigenvalue weighted by Gasteiger charge is 2.73. The first-order valence-electron chi connectivity index (χ1n) is 46.3. The smallest absolute Gasteiger partial charge is 0.303 e. The summed E-state index contributed by atoms with van der Waals surface area (Å²) in [5, 5.41) is 33.5. The van der Waals surface area contributed by atoms with Crippen molar-refractivity contribution in [1.82, 2.24) is 55.5 Å². The molecule has 27 heteroatoms. The number of nitrogens with zero attached hydrogens (tertiary/aromatic N) is 9. The second-order valence-electron chi connectivity index (χ2n) is 35.3. The lowest BCUT2D eigenvalue weighted by Crippen LogP contribution is -2.61. The minimum atomic E-state index is -1.60. The summed E-state index contributed by atoms with van der Waals surface area (Å²) >= 11 is 0. The Bertz CT molecular complexity index is 6630. The van der Waals surface area contributed by atoms with Gasteiger partial charge in [0.05, 0.1) is 61.2 Å². The summed E-state index contributed by atoms with van der Waals surface area (Å²) in [6.45, 7) is 12.8. The maximum atomic E-state index is 13.9. The first kappa shape index (κ1) is 96.0. The molecule has 0 bridgehead atoms. The summed E-state index contributed by atoms with van der Waals surface area (Å²) in [5.74, 6) is 2.82. The number of aromatic nitrogens is 5. The van der Waals surface area contributed by atoms with Gasteiger partial charge in [0.2, 0.25) is 17.7 Å². The van der Waals surface area contributed by atoms with Gasteiger partial charge in [-0.25, -0.2) is 0 Å². The molecular formula is C111H111N13O14. The number of hydroxylamine groups is 4. The van der Waals surface area contributed by atoms with E-state index in [1.807, 2.05) is 232 Å². The van der Waals surface area contributed by atoms with Crippen LogP contribution in [0.4, 0.5) is 5.69 Å². The number of methoxy groups -OCH3 is 1. The van der Waals surface area contributed by atoms with Crippen LogP contribution in [0.1, 0.15) is 115 Å². The largest absolute Gasteiger partial charge is 0.508 e. The van der Waals surface area contributed by atoms with E-state index >= 15 is 0 Å². The average Bonchev–Trinajstić information content (AvgIpc) is 1.55. The number of allylic oxidation sites excluding steroid dienone is 1. The van der Waals surface area contributed by atoms with Gasteiger partial charge in [-0.15, -0.1) is 0 Å². The molecule has 4 aliphatic heterocycles. The molecule has 0 spiro atoms. The predicted octanol–water partition coefficient (Wildman–Crippen LogP) is 14.0. The lowest BCUT2D eigenvalue weighted by molar-refractivity contribution is -0.218. The van der Waals surface area contributed by atoms with E-state index in [0.717, 1.165) is 129 Å². The fourth-order valence-corrected chi connectivity index (χ4v) is 19.4. The predicted molar refractivity (Wildman–Crippen MR) is 523 cm³/mol. The normalized spacial score (nSPS) is 19.7. The van der Waals surface area contributed by atoms with Gasteiger partial charge in [-0.2, -0.15) is 10.1 Å². The van der Waals surface area contributed by atoms with E-state index < -0.39 is 65.4 Å². The van der Waals surface area contributed by atoms with Crippen LogP contribution in [-0.4, -0.2) is 162 Å². The number of amides is 5. The molecule has 5 unspecified atom stereocenters. The maximum absolute atomic E-state index is 13.9. The third-order valence-electron chi connectivity index (χ3n) is 26.0. The third kappa shape index (κ3) is 22.6. The number of phenols is 1. The zero-order valence-electron chi connectivity index (χ0n) is 77.8. The molecular weight excluding hydrogens is 1740 g/mol. The van der Waals surface area contributed by atoms with Crippen molar-refractivity contribution in [2.75, 3.05) is 51.8 Å². The van der Waals surface area contributed by atoms with Crippen LogP contribution >= 0.6 is 0 Å². The molecule has 8 aromatic carbocycles. The Balaban J connectivity index is 0.000000134. The van der Waals surface area contributed by atoms with Crippen molar-refractivity contribution in [2.24, 2.45) is 29.4 Å². The summed E-state index contributed by atoms with van der Waals surface area (Å²) in [6, 6.07) is 77.5. The van der Waals surface area contributed by atoms with Gasteiger partial charge in [-0.1, -0.05) is 151 Å². The second-order valence-corrected chi connectivity index (χ2v) is 35.3. The van der Waals surface area contributed by atoms with Crippen molar-refractivity contribution in [3.05, 3.63) is 398 Å². The Morgan fingerprint density at radius 3 is 1.92 bits per heavy atom. The molecule has 9 heterocycles. The summed E-state index contributed by atoms with van der Waals surface area (Å²) < 4.78 is 18.4. The maximum Gasteiger partial charge on any atom is 0.303 e. The minimum Gasteiger partial charge on any atom is -0.508 e. The number of imide groups is 1. The highest BCUT2D eigenvalue weighted by molar-refractivity contribution is 6.06. The van der Waals surface area contributed by atoms with Crippen molar-refractivity contribution in [1.29, 1.82) is 0 Å². The Kier molecular flexibility index (Phi) is 31.0. The molecule has 27 nitrogen and oxygen atoms in total. The number of carbonyl (C=O) groups excluding carboxylic acids is 6. The Hall–Kier alpha value is -15.2. The minimum absolute atomic E-state index is 0.0614. The van der Waals surface area contributed by atoms with Gasteiger partial charge in [0.1, 0.15) is 35.5 Å². The van der Waals surface area contributed by atoms with E-state index in [-0.39, 0.29) is 66.3 Å². The number of phenolic OH excluding ortho intramolecular Hbond substituents is 1. The summed E-state index contributed by atoms with van der Waals surface area (Å²) in [5.41, 5.74) is 21.9. The lowest BCUT2D eigenvalue weighted by atomic mass is 9.67. The fourth-order valence-electron chi connectivity index (χ4n) is 19.4. The summed E-state index contributed by atoms with van der Waals surface area (Å²) in [4.78, 5) is 125. The molecule has 5 amide bonds. The number of pyridine rings is 5. The van der Waals surface area contributed by atoms with Gasteiger partial charge in [-0.05, 0) is 229 Å². The van der Waals surface area contributed by atoms with Gasteiger partial charge in [-0.3, -0.25) is 73.1 Å². The Morgan fingerprint density at radius 2 is 1.26 bits per heavy atom. The number of likely N-dealkylation sites (tertiary alicyclic amines) is 1. The molecule has 5 aromatic heterocycles. The van der Waals surface area contributed by atoms with E-state index in [1.165, 1.54) is 40.9 Å². The quantitative estimate of drug-likeness (QED) is 0.00504. The van der Waals surface area contributed by atoms with Gasteiger partial charge >= 0.3 is 5.97 Å². The summed E-state index contributed by atoms with van der Waals surface area (Å²) in [7, 11) is 3.65. The van der Waals surface area contributed by atoms with E-state index in [9.17, 15) is 43.8 Å². The number of aromatic hydroxyl groups is 2.